The van der Waals surface area contributed by atoms with Gasteiger partial charge in [0.05, 0.1) is 0 Å². The smallest absolute Gasteiger partial charge is 0.293 e. The molecule has 0 aromatic carbocycles. The quantitative estimate of drug-likeness (QED) is 0.439. The van der Waals surface area contributed by atoms with Gasteiger partial charge in [0.1, 0.15) is 6.10 Å². The van der Waals surface area contributed by atoms with Crippen molar-refractivity contribution in [3.63, 3.8) is 0 Å². The summed E-state index contributed by atoms with van der Waals surface area (Å²) >= 11 is 0. The summed E-state index contributed by atoms with van der Waals surface area (Å²) in [6.45, 7) is 2.87. The summed E-state index contributed by atoms with van der Waals surface area (Å²) in [7, 11) is 0. The molecule has 17 heavy (non-hydrogen) atoms. The SMILES string of the molecule is CCCCCCCCC1CCC(OC=O)CC1. The number of rotatable bonds is 9. The molecule has 0 aliphatic heterocycles. The van der Waals surface area contributed by atoms with Gasteiger partial charge in [-0.1, -0.05) is 51.9 Å². The maximum absolute atomic E-state index is 10.2. The number of hydrogen-bond acceptors (Lipinski definition) is 2. The lowest BCUT2D eigenvalue weighted by molar-refractivity contribution is -0.135. The largest absolute Gasteiger partial charge is 0.465 e. The second kappa shape index (κ2) is 9.49. The summed E-state index contributed by atoms with van der Waals surface area (Å²) in [5, 5.41) is 0. The molecular weight excluding hydrogens is 212 g/mol. The molecular formula is C15H28O2. The molecule has 100 valence electrons. The lowest BCUT2D eigenvalue weighted by Crippen LogP contribution is -2.21. The summed E-state index contributed by atoms with van der Waals surface area (Å²) in [4.78, 5) is 10.2. The zero-order valence-electron chi connectivity index (χ0n) is 11.3. The van der Waals surface area contributed by atoms with Crippen molar-refractivity contribution in [1.82, 2.24) is 0 Å². The molecule has 1 saturated carbocycles. The second-order valence-electron chi connectivity index (χ2n) is 5.43. The monoisotopic (exact) mass is 240 g/mol. The maximum Gasteiger partial charge on any atom is 0.293 e. The van der Waals surface area contributed by atoms with Crippen LogP contribution in [-0.2, 0) is 9.53 Å². The average Bonchev–Trinajstić information content (AvgIpc) is 2.36. The van der Waals surface area contributed by atoms with Gasteiger partial charge in [0.2, 0.25) is 0 Å². The Labute approximate surface area is 106 Å². The first-order valence-corrected chi connectivity index (χ1v) is 7.46. The van der Waals surface area contributed by atoms with E-state index >= 15 is 0 Å². The predicted molar refractivity (Wildman–Crippen MR) is 70.9 cm³/mol. The Morgan fingerprint density at radius 3 is 2.29 bits per heavy atom. The van der Waals surface area contributed by atoms with Crippen molar-refractivity contribution in [2.75, 3.05) is 0 Å². The van der Waals surface area contributed by atoms with Crippen LogP contribution in [0.3, 0.4) is 0 Å². The molecule has 0 radical (unpaired) electrons. The molecule has 2 nitrogen and oxygen atoms in total. The van der Waals surface area contributed by atoms with Gasteiger partial charge in [-0.05, 0) is 31.6 Å². The van der Waals surface area contributed by atoms with Gasteiger partial charge in [-0.15, -0.1) is 0 Å². The van der Waals surface area contributed by atoms with Crippen molar-refractivity contribution in [1.29, 1.82) is 0 Å². The normalized spacial score (nSPS) is 24.5. The lowest BCUT2D eigenvalue weighted by Gasteiger charge is -2.27. The molecule has 0 aromatic heterocycles. The highest BCUT2D eigenvalue weighted by molar-refractivity contribution is 5.37. The first-order valence-electron chi connectivity index (χ1n) is 7.46. The minimum atomic E-state index is 0.216. The average molecular weight is 240 g/mol. The van der Waals surface area contributed by atoms with Crippen molar-refractivity contribution in [3.05, 3.63) is 0 Å². The van der Waals surface area contributed by atoms with Crippen LogP contribution in [0.4, 0.5) is 0 Å². The van der Waals surface area contributed by atoms with Crippen molar-refractivity contribution in [3.8, 4) is 0 Å². The summed E-state index contributed by atoms with van der Waals surface area (Å²) in [6.07, 6.45) is 14.6. The first kappa shape index (κ1) is 14.5. The van der Waals surface area contributed by atoms with Gasteiger partial charge >= 0.3 is 0 Å². The second-order valence-corrected chi connectivity index (χ2v) is 5.43. The van der Waals surface area contributed by atoms with Gasteiger partial charge < -0.3 is 4.74 Å². The van der Waals surface area contributed by atoms with E-state index in [0.29, 0.717) is 6.47 Å². The van der Waals surface area contributed by atoms with E-state index in [1.54, 1.807) is 0 Å². The van der Waals surface area contributed by atoms with Crippen molar-refractivity contribution in [2.45, 2.75) is 83.7 Å². The van der Waals surface area contributed by atoms with E-state index < -0.39 is 0 Å². The van der Waals surface area contributed by atoms with E-state index in [1.807, 2.05) is 0 Å². The van der Waals surface area contributed by atoms with Crippen LogP contribution in [0.2, 0.25) is 0 Å². The number of ether oxygens (including phenoxy) is 1. The van der Waals surface area contributed by atoms with Crippen LogP contribution in [-0.4, -0.2) is 12.6 Å². The van der Waals surface area contributed by atoms with Gasteiger partial charge in [0.25, 0.3) is 6.47 Å². The van der Waals surface area contributed by atoms with Crippen molar-refractivity contribution >= 4 is 6.47 Å². The number of hydrogen-bond donors (Lipinski definition) is 0. The molecule has 0 amide bonds. The molecule has 0 aromatic rings. The Hall–Kier alpha value is -0.530. The van der Waals surface area contributed by atoms with E-state index in [2.05, 4.69) is 6.92 Å². The van der Waals surface area contributed by atoms with Crippen LogP contribution in [0.15, 0.2) is 0 Å². The Balaban J connectivity index is 1.93. The third-order valence-electron chi connectivity index (χ3n) is 4.01. The fraction of sp³-hybridized carbons (Fsp3) is 0.933. The fourth-order valence-corrected chi connectivity index (χ4v) is 2.85. The van der Waals surface area contributed by atoms with Gasteiger partial charge in [0, 0.05) is 0 Å². The molecule has 0 unspecified atom stereocenters. The molecule has 0 bridgehead atoms. The molecule has 1 rings (SSSR count). The van der Waals surface area contributed by atoms with Crippen LogP contribution in [0.5, 0.6) is 0 Å². The zero-order chi connectivity index (χ0) is 12.3. The molecule has 0 heterocycles. The predicted octanol–water partition coefficient (Wildman–Crippen LogP) is 4.47. The Morgan fingerprint density at radius 1 is 1.00 bits per heavy atom. The van der Waals surface area contributed by atoms with E-state index in [0.717, 1.165) is 18.8 Å². The molecule has 0 atom stereocenters. The minimum Gasteiger partial charge on any atom is -0.465 e. The highest BCUT2D eigenvalue weighted by atomic mass is 16.5. The van der Waals surface area contributed by atoms with Crippen LogP contribution in [0.25, 0.3) is 0 Å². The van der Waals surface area contributed by atoms with Crippen molar-refractivity contribution < 1.29 is 9.53 Å². The van der Waals surface area contributed by atoms with Crippen LogP contribution in [0, 0.1) is 5.92 Å². The Bertz CT molecular complexity index is 183. The summed E-state index contributed by atoms with van der Waals surface area (Å²) in [6, 6.07) is 0. The number of unbranched alkanes of at least 4 members (excludes halogenated alkanes) is 5. The Kier molecular flexibility index (Phi) is 8.12. The van der Waals surface area contributed by atoms with Gasteiger partial charge in [-0.3, -0.25) is 4.79 Å². The summed E-state index contributed by atoms with van der Waals surface area (Å²) in [5.74, 6) is 0.896. The molecule has 0 N–H and O–H groups in total. The first-order chi connectivity index (χ1) is 8.36. The Morgan fingerprint density at radius 2 is 1.65 bits per heavy atom. The number of carbonyl (C=O) groups excluding carboxylic acids is 1. The molecule has 1 fully saturated rings. The molecule has 1 aliphatic carbocycles. The fourth-order valence-electron chi connectivity index (χ4n) is 2.85. The highest BCUT2D eigenvalue weighted by Crippen LogP contribution is 2.29. The van der Waals surface area contributed by atoms with Gasteiger partial charge in [-0.2, -0.15) is 0 Å². The number of carbonyl (C=O) groups is 1. The minimum absolute atomic E-state index is 0.216. The van der Waals surface area contributed by atoms with Gasteiger partial charge in [0.15, 0.2) is 0 Å². The third-order valence-corrected chi connectivity index (χ3v) is 4.01. The topological polar surface area (TPSA) is 26.3 Å². The third kappa shape index (κ3) is 6.70. The molecule has 0 spiro atoms. The van der Waals surface area contributed by atoms with Crippen molar-refractivity contribution in [2.24, 2.45) is 5.92 Å². The highest BCUT2D eigenvalue weighted by Gasteiger charge is 2.21. The molecule has 2 heteroatoms. The summed E-state index contributed by atoms with van der Waals surface area (Å²) < 4.78 is 5.02. The van der Waals surface area contributed by atoms with Crippen LogP contribution >= 0.6 is 0 Å². The standard InChI is InChI=1S/C15H28O2/c1-2-3-4-5-6-7-8-14-9-11-15(12-10-14)17-13-16/h13-15H,2-12H2,1H3. The van der Waals surface area contributed by atoms with E-state index in [4.69, 9.17) is 4.74 Å². The maximum atomic E-state index is 10.2. The van der Waals surface area contributed by atoms with Crippen LogP contribution in [0.1, 0.15) is 77.6 Å². The van der Waals surface area contributed by atoms with Crippen LogP contribution < -0.4 is 0 Å². The lowest BCUT2D eigenvalue weighted by atomic mass is 9.84. The molecule has 1 aliphatic rings. The van der Waals surface area contributed by atoms with E-state index in [9.17, 15) is 4.79 Å². The van der Waals surface area contributed by atoms with E-state index in [-0.39, 0.29) is 6.10 Å². The van der Waals surface area contributed by atoms with Gasteiger partial charge in [-0.25, -0.2) is 0 Å². The molecule has 0 saturated heterocycles. The van der Waals surface area contributed by atoms with E-state index in [1.165, 1.54) is 57.8 Å². The summed E-state index contributed by atoms with van der Waals surface area (Å²) in [5.41, 5.74) is 0. The zero-order valence-corrected chi connectivity index (χ0v) is 11.3.